The average molecular weight is 212 g/mol. The number of carbonyl (C=O) groups is 1. The molecule has 3 heteroatoms. The smallest absolute Gasteiger partial charge is 0.270 e. The van der Waals surface area contributed by atoms with E-state index in [1.54, 1.807) is 6.20 Å². The van der Waals surface area contributed by atoms with Crippen molar-refractivity contribution >= 4 is 16.7 Å². The number of hydrogen-bond acceptors (Lipinski definition) is 2. The molecule has 0 aliphatic heterocycles. The summed E-state index contributed by atoms with van der Waals surface area (Å²) in [6.45, 7) is 0. The molecule has 16 heavy (non-hydrogen) atoms. The van der Waals surface area contributed by atoms with Crippen molar-refractivity contribution in [2.45, 2.75) is 18.9 Å². The topological polar surface area (TPSA) is 42.0 Å². The zero-order valence-corrected chi connectivity index (χ0v) is 8.81. The Morgan fingerprint density at radius 3 is 2.88 bits per heavy atom. The molecule has 1 aliphatic rings. The Hall–Kier alpha value is -1.90. The van der Waals surface area contributed by atoms with Gasteiger partial charge in [0.2, 0.25) is 0 Å². The summed E-state index contributed by atoms with van der Waals surface area (Å²) in [6, 6.07) is 10.1. The zero-order chi connectivity index (χ0) is 11.0. The van der Waals surface area contributed by atoms with Crippen LogP contribution < -0.4 is 5.32 Å². The van der Waals surface area contributed by atoms with Crippen LogP contribution >= 0.6 is 0 Å². The molecule has 0 atom stereocenters. The van der Waals surface area contributed by atoms with E-state index in [1.165, 1.54) is 0 Å². The van der Waals surface area contributed by atoms with Crippen molar-refractivity contribution in [1.82, 2.24) is 10.3 Å². The maximum absolute atomic E-state index is 11.9. The summed E-state index contributed by atoms with van der Waals surface area (Å²) in [5.41, 5.74) is 0.532. The Bertz CT molecular complexity index is 541. The molecule has 1 aliphatic carbocycles. The first-order valence-electron chi connectivity index (χ1n) is 5.49. The van der Waals surface area contributed by atoms with Gasteiger partial charge in [-0.1, -0.05) is 24.3 Å². The first kappa shape index (κ1) is 9.33. The molecule has 1 amide bonds. The van der Waals surface area contributed by atoms with Gasteiger partial charge in [-0.2, -0.15) is 0 Å². The van der Waals surface area contributed by atoms with E-state index in [1.807, 2.05) is 30.3 Å². The normalized spacial score (nSPS) is 15.0. The standard InChI is InChI=1S/C13H12N2O/c16-13(15-10-5-6-10)12-11-4-2-1-3-9(11)7-8-14-12/h1-4,7-8,10H,5-6H2,(H,15,16). The van der Waals surface area contributed by atoms with Gasteiger partial charge in [0.1, 0.15) is 5.69 Å². The quantitative estimate of drug-likeness (QED) is 0.828. The highest BCUT2D eigenvalue weighted by molar-refractivity contribution is 6.05. The molecule has 3 rings (SSSR count). The minimum atomic E-state index is -0.0562. The third-order valence-electron chi connectivity index (χ3n) is 2.80. The second kappa shape index (κ2) is 3.59. The Kier molecular flexibility index (Phi) is 2.10. The fourth-order valence-electron chi connectivity index (χ4n) is 1.78. The summed E-state index contributed by atoms with van der Waals surface area (Å²) < 4.78 is 0. The zero-order valence-electron chi connectivity index (χ0n) is 8.81. The summed E-state index contributed by atoms with van der Waals surface area (Å²) in [5, 5.41) is 4.93. The summed E-state index contributed by atoms with van der Waals surface area (Å²) in [5.74, 6) is -0.0562. The number of aromatic nitrogens is 1. The van der Waals surface area contributed by atoms with Crippen molar-refractivity contribution in [1.29, 1.82) is 0 Å². The van der Waals surface area contributed by atoms with E-state index in [-0.39, 0.29) is 5.91 Å². The minimum Gasteiger partial charge on any atom is -0.348 e. The number of carbonyl (C=O) groups excluding carboxylic acids is 1. The fraction of sp³-hybridized carbons (Fsp3) is 0.231. The summed E-state index contributed by atoms with van der Waals surface area (Å²) in [7, 11) is 0. The maximum atomic E-state index is 11.9. The molecule has 2 aromatic rings. The lowest BCUT2D eigenvalue weighted by Gasteiger charge is -2.05. The number of nitrogens with zero attached hydrogens (tertiary/aromatic N) is 1. The fourth-order valence-corrected chi connectivity index (χ4v) is 1.78. The molecule has 0 bridgehead atoms. The molecule has 1 N–H and O–H groups in total. The molecule has 0 spiro atoms. The van der Waals surface area contributed by atoms with Crippen LogP contribution in [0.2, 0.25) is 0 Å². The van der Waals surface area contributed by atoms with Crippen LogP contribution in [0.4, 0.5) is 0 Å². The van der Waals surface area contributed by atoms with Crippen LogP contribution in [0.5, 0.6) is 0 Å². The highest BCUT2D eigenvalue weighted by Crippen LogP contribution is 2.21. The molecule has 3 nitrogen and oxygen atoms in total. The predicted octanol–water partition coefficient (Wildman–Crippen LogP) is 2.13. The van der Waals surface area contributed by atoms with Crippen LogP contribution in [0.15, 0.2) is 36.5 Å². The summed E-state index contributed by atoms with van der Waals surface area (Å²) in [6.07, 6.45) is 3.87. The van der Waals surface area contributed by atoms with E-state index < -0.39 is 0 Å². The van der Waals surface area contributed by atoms with Crippen LogP contribution in [0.1, 0.15) is 23.3 Å². The number of rotatable bonds is 2. The van der Waals surface area contributed by atoms with Gasteiger partial charge in [0.05, 0.1) is 0 Å². The summed E-state index contributed by atoms with van der Waals surface area (Å²) in [4.78, 5) is 16.1. The number of nitrogens with one attached hydrogen (secondary N) is 1. The number of amides is 1. The Morgan fingerprint density at radius 2 is 2.06 bits per heavy atom. The van der Waals surface area contributed by atoms with Gasteiger partial charge in [-0.05, 0) is 24.3 Å². The largest absolute Gasteiger partial charge is 0.348 e. The second-order valence-corrected chi connectivity index (χ2v) is 4.13. The van der Waals surface area contributed by atoms with Crippen molar-refractivity contribution in [3.05, 3.63) is 42.2 Å². The van der Waals surface area contributed by atoms with E-state index in [0.717, 1.165) is 23.6 Å². The van der Waals surface area contributed by atoms with Gasteiger partial charge in [0.15, 0.2) is 0 Å². The van der Waals surface area contributed by atoms with E-state index in [9.17, 15) is 4.79 Å². The van der Waals surface area contributed by atoms with Crippen molar-refractivity contribution in [2.75, 3.05) is 0 Å². The Labute approximate surface area is 93.5 Å². The van der Waals surface area contributed by atoms with E-state index in [0.29, 0.717) is 11.7 Å². The molecular formula is C13H12N2O. The van der Waals surface area contributed by atoms with Crippen LogP contribution in [0.3, 0.4) is 0 Å². The van der Waals surface area contributed by atoms with Crippen molar-refractivity contribution in [3.63, 3.8) is 0 Å². The SMILES string of the molecule is O=C(NC1CC1)c1nccc2ccccc12. The first-order chi connectivity index (χ1) is 7.84. The number of pyridine rings is 1. The van der Waals surface area contributed by atoms with Gasteiger partial charge in [-0.3, -0.25) is 9.78 Å². The molecular weight excluding hydrogens is 200 g/mol. The average Bonchev–Trinajstić information content (AvgIpc) is 3.12. The lowest BCUT2D eigenvalue weighted by molar-refractivity contribution is 0.0948. The van der Waals surface area contributed by atoms with Gasteiger partial charge < -0.3 is 5.32 Å². The van der Waals surface area contributed by atoms with E-state index in [4.69, 9.17) is 0 Å². The monoisotopic (exact) mass is 212 g/mol. The third-order valence-corrected chi connectivity index (χ3v) is 2.80. The molecule has 1 fully saturated rings. The van der Waals surface area contributed by atoms with Gasteiger partial charge in [0, 0.05) is 17.6 Å². The highest BCUT2D eigenvalue weighted by atomic mass is 16.2. The summed E-state index contributed by atoms with van der Waals surface area (Å²) >= 11 is 0. The van der Waals surface area contributed by atoms with Gasteiger partial charge in [0.25, 0.3) is 5.91 Å². The molecule has 1 aromatic carbocycles. The van der Waals surface area contributed by atoms with Crippen LogP contribution in [0, 0.1) is 0 Å². The Morgan fingerprint density at radius 1 is 1.25 bits per heavy atom. The maximum Gasteiger partial charge on any atom is 0.270 e. The number of hydrogen-bond donors (Lipinski definition) is 1. The molecule has 1 aromatic heterocycles. The lowest BCUT2D eigenvalue weighted by atomic mass is 10.1. The number of benzene rings is 1. The minimum absolute atomic E-state index is 0.0562. The highest BCUT2D eigenvalue weighted by Gasteiger charge is 2.24. The molecule has 0 radical (unpaired) electrons. The second-order valence-electron chi connectivity index (χ2n) is 4.13. The third kappa shape index (κ3) is 1.65. The molecule has 1 saturated carbocycles. The van der Waals surface area contributed by atoms with E-state index >= 15 is 0 Å². The first-order valence-corrected chi connectivity index (χ1v) is 5.49. The van der Waals surface area contributed by atoms with Crippen LogP contribution in [-0.4, -0.2) is 16.9 Å². The van der Waals surface area contributed by atoms with Crippen LogP contribution in [0.25, 0.3) is 10.8 Å². The van der Waals surface area contributed by atoms with Gasteiger partial charge >= 0.3 is 0 Å². The van der Waals surface area contributed by atoms with Crippen molar-refractivity contribution < 1.29 is 4.79 Å². The van der Waals surface area contributed by atoms with Gasteiger partial charge in [-0.25, -0.2) is 0 Å². The molecule has 80 valence electrons. The van der Waals surface area contributed by atoms with Crippen molar-refractivity contribution in [2.24, 2.45) is 0 Å². The Balaban J connectivity index is 2.04. The predicted molar refractivity (Wildman–Crippen MR) is 62.2 cm³/mol. The molecule has 1 heterocycles. The van der Waals surface area contributed by atoms with Crippen molar-refractivity contribution in [3.8, 4) is 0 Å². The molecule has 0 saturated heterocycles. The van der Waals surface area contributed by atoms with E-state index in [2.05, 4.69) is 10.3 Å². The van der Waals surface area contributed by atoms with Gasteiger partial charge in [-0.15, -0.1) is 0 Å². The molecule has 0 unspecified atom stereocenters. The van der Waals surface area contributed by atoms with Crippen LogP contribution in [-0.2, 0) is 0 Å². The lowest BCUT2D eigenvalue weighted by Crippen LogP contribution is -2.26. The number of fused-ring (bicyclic) bond motifs is 1.